The molecule has 1 saturated carbocycles. The molecule has 0 aromatic rings. The summed E-state index contributed by atoms with van der Waals surface area (Å²) in [6.07, 6.45) is 1.04. The van der Waals surface area contributed by atoms with E-state index in [0.717, 1.165) is 12.8 Å². The van der Waals surface area contributed by atoms with Gasteiger partial charge < -0.3 is 20.8 Å². The predicted octanol–water partition coefficient (Wildman–Crippen LogP) is 0.833. The van der Waals surface area contributed by atoms with Crippen LogP contribution in [-0.2, 0) is 0 Å². The molecule has 2 unspecified atom stereocenters. The molecule has 0 aromatic carbocycles. The van der Waals surface area contributed by atoms with Gasteiger partial charge in [-0.15, -0.1) is 0 Å². The van der Waals surface area contributed by atoms with Gasteiger partial charge in [-0.25, -0.2) is 9.59 Å². The fourth-order valence-corrected chi connectivity index (χ4v) is 1.79. The number of amides is 2. The topological polar surface area (TPSA) is 98.7 Å². The van der Waals surface area contributed by atoms with Gasteiger partial charge in [0.1, 0.15) is 0 Å². The highest BCUT2D eigenvalue weighted by Gasteiger charge is 2.27. The molecule has 0 bridgehead atoms. The average Bonchev–Trinajstić information content (AvgIpc) is 2.06. The molecule has 1 fully saturated rings. The van der Waals surface area contributed by atoms with Gasteiger partial charge >= 0.3 is 12.2 Å². The van der Waals surface area contributed by atoms with Gasteiger partial charge in [0.25, 0.3) is 0 Å². The first-order chi connectivity index (χ1) is 6.59. The summed E-state index contributed by atoms with van der Waals surface area (Å²) in [5.41, 5.74) is 0. The highest BCUT2D eigenvalue weighted by atomic mass is 16.4. The number of nitrogens with one attached hydrogen (secondary N) is 2. The molecule has 0 spiro atoms. The molecule has 6 heteroatoms. The fraction of sp³-hybridized carbons (Fsp3) is 0.750. The minimum atomic E-state index is -1.10. The van der Waals surface area contributed by atoms with Crippen LogP contribution in [0.4, 0.5) is 9.59 Å². The maximum absolute atomic E-state index is 10.4. The van der Waals surface area contributed by atoms with Crippen molar-refractivity contribution in [2.75, 3.05) is 0 Å². The van der Waals surface area contributed by atoms with Crippen molar-refractivity contribution >= 4 is 12.2 Å². The zero-order chi connectivity index (χ0) is 10.6. The van der Waals surface area contributed by atoms with Crippen LogP contribution in [0.5, 0.6) is 0 Å². The standard InChI is InChI=1S/C8H14N2O4/c11-7(12)9-5-3-1-2-4-6(5)10-8(13)14/h5-6,9-10H,1-4H2,(H,11,12)(H,13,14). The van der Waals surface area contributed by atoms with E-state index in [0.29, 0.717) is 12.8 Å². The Labute approximate surface area is 81.3 Å². The first-order valence-corrected chi connectivity index (χ1v) is 4.58. The molecular formula is C8H14N2O4. The summed E-state index contributed by atoms with van der Waals surface area (Å²) in [5, 5.41) is 21.7. The molecule has 1 rings (SSSR count). The lowest BCUT2D eigenvalue weighted by atomic mass is 9.90. The molecule has 1 aliphatic rings. The van der Waals surface area contributed by atoms with Gasteiger partial charge in [-0.05, 0) is 12.8 Å². The minimum absolute atomic E-state index is 0.294. The molecule has 1 aliphatic carbocycles. The number of rotatable bonds is 2. The highest BCUT2D eigenvalue weighted by molar-refractivity contribution is 5.66. The molecule has 2 amide bonds. The van der Waals surface area contributed by atoms with Gasteiger partial charge in [0, 0.05) is 0 Å². The van der Waals surface area contributed by atoms with Crippen LogP contribution in [-0.4, -0.2) is 34.5 Å². The maximum atomic E-state index is 10.4. The van der Waals surface area contributed by atoms with E-state index in [-0.39, 0.29) is 12.1 Å². The Morgan fingerprint density at radius 2 is 1.29 bits per heavy atom. The smallest absolute Gasteiger partial charge is 0.404 e. The summed E-state index contributed by atoms with van der Waals surface area (Å²) in [6, 6.07) is -0.588. The Morgan fingerprint density at radius 1 is 0.929 bits per heavy atom. The molecule has 0 radical (unpaired) electrons. The van der Waals surface area contributed by atoms with Gasteiger partial charge in [-0.2, -0.15) is 0 Å². The summed E-state index contributed by atoms with van der Waals surface area (Å²) < 4.78 is 0. The van der Waals surface area contributed by atoms with Crippen LogP contribution in [0, 0.1) is 0 Å². The number of hydrogen-bond donors (Lipinski definition) is 4. The molecule has 14 heavy (non-hydrogen) atoms. The van der Waals surface area contributed by atoms with Crippen molar-refractivity contribution in [3.05, 3.63) is 0 Å². The molecule has 6 nitrogen and oxygen atoms in total. The lowest BCUT2D eigenvalue weighted by Crippen LogP contribution is -2.52. The van der Waals surface area contributed by atoms with E-state index in [1.807, 2.05) is 0 Å². The number of carbonyl (C=O) groups is 2. The molecule has 2 atom stereocenters. The van der Waals surface area contributed by atoms with Crippen LogP contribution in [0.1, 0.15) is 25.7 Å². The monoisotopic (exact) mass is 202 g/mol. The van der Waals surface area contributed by atoms with E-state index in [1.165, 1.54) is 0 Å². The zero-order valence-corrected chi connectivity index (χ0v) is 7.69. The van der Waals surface area contributed by atoms with Crippen LogP contribution in [0.3, 0.4) is 0 Å². The van der Waals surface area contributed by atoms with Crippen LogP contribution in [0.2, 0.25) is 0 Å². The van der Waals surface area contributed by atoms with Crippen molar-refractivity contribution in [1.82, 2.24) is 10.6 Å². The maximum Gasteiger partial charge on any atom is 0.404 e. The number of carboxylic acid groups (broad SMARTS) is 2. The predicted molar refractivity (Wildman–Crippen MR) is 48.4 cm³/mol. The normalized spacial score (nSPS) is 26.6. The van der Waals surface area contributed by atoms with Crippen LogP contribution in [0.25, 0.3) is 0 Å². The Bertz CT molecular complexity index is 207. The second kappa shape index (κ2) is 4.69. The quantitative estimate of drug-likeness (QED) is 0.533. The Morgan fingerprint density at radius 3 is 1.57 bits per heavy atom. The first-order valence-electron chi connectivity index (χ1n) is 4.58. The molecule has 0 saturated heterocycles. The lowest BCUT2D eigenvalue weighted by Gasteiger charge is -2.30. The van der Waals surface area contributed by atoms with Crippen molar-refractivity contribution in [3.8, 4) is 0 Å². The van der Waals surface area contributed by atoms with Gasteiger partial charge in [-0.1, -0.05) is 12.8 Å². The van der Waals surface area contributed by atoms with E-state index >= 15 is 0 Å². The molecule has 0 heterocycles. The third-order valence-electron chi connectivity index (χ3n) is 2.38. The van der Waals surface area contributed by atoms with E-state index in [9.17, 15) is 9.59 Å². The second-order valence-corrected chi connectivity index (χ2v) is 3.40. The summed E-state index contributed by atoms with van der Waals surface area (Å²) in [7, 11) is 0. The highest BCUT2D eigenvalue weighted by Crippen LogP contribution is 2.18. The Kier molecular flexibility index (Phi) is 3.55. The Hall–Kier alpha value is -1.46. The molecule has 0 aromatic heterocycles. The molecule has 80 valence electrons. The average molecular weight is 202 g/mol. The van der Waals surface area contributed by atoms with Gasteiger partial charge in [0.2, 0.25) is 0 Å². The van der Waals surface area contributed by atoms with Crippen molar-refractivity contribution in [1.29, 1.82) is 0 Å². The van der Waals surface area contributed by atoms with Crippen molar-refractivity contribution in [2.24, 2.45) is 0 Å². The van der Waals surface area contributed by atoms with Crippen LogP contribution < -0.4 is 10.6 Å². The third-order valence-corrected chi connectivity index (χ3v) is 2.38. The molecular weight excluding hydrogens is 188 g/mol. The second-order valence-electron chi connectivity index (χ2n) is 3.40. The SMILES string of the molecule is O=C(O)NC1CCCCC1NC(=O)O. The fourth-order valence-electron chi connectivity index (χ4n) is 1.79. The van der Waals surface area contributed by atoms with E-state index in [2.05, 4.69) is 10.6 Å². The molecule has 0 aliphatic heterocycles. The molecule has 4 N–H and O–H groups in total. The summed E-state index contributed by atoms with van der Waals surface area (Å²) in [6.45, 7) is 0. The van der Waals surface area contributed by atoms with Crippen molar-refractivity contribution < 1.29 is 19.8 Å². The van der Waals surface area contributed by atoms with Crippen LogP contribution >= 0.6 is 0 Å². The van der Waals surface area contributed by atoms with Gasteiger partial charge in [0.05, 0.1) is 12.1 Å². The van der Waals surface area contributed by atoms with Crippen LogP contribution in [0.15, 0.2) is 0 Å². The van der Waals surface area contributed by atoms with E-state index in [4.69, 9.17) is 10.2 Å². The largest absolute Gasteiger partial charge is 0.465 e. The van der Waals surface area contributed by atoms with Gasteiger partial charge in [-0.3, -0.25) is 0 Å². The summed E-state index contributed by atoms with van der Waals surface area (Å²) in [5.74, 6) is 0. The number of hydrogen-bond acceptors (Lipinski definition) is 2. The summed E-state index contributed by atoms with van der Waals surface area (Å²) >= 11 is 0. The Balaban J connectivity index is 2.49. The first kappa shape index (κ1) is 10.6. The lowest BCUT2D eigenvalue weighted by molar-refractivity contribution is 0.167. The van der Waals surface area contributed by atoms with E-state index < -0.39 is 12.2 Å². The van der Waals surface area contributed by atoms with Gasteiger partial charge in [0.15, 0.2) is 0 Å². The van der Waals surface area contributed by atoms with E-state index in [1.54, 1.807) is 0 Å². The minimum Gasteiger partial charge on any atom is -0.465 e. The van der Waals surface area contributed by atoms with Crippen molar-refractivity contribution in [3.63, 3.8) is 0 Å². The zero-order valence-electron chi connectivity index (χ0n) is 7.69. The summed E-state index contributed by atoms with van der Waals surface area (Å²) in [4.78, 5) is 20.8. The van der Waals surface area contributed by atoms with Crippen molar-refractivity contribution in [2.45, 2.75) is 37.8 Å². The third kappa shape index (κ3) is 3.12.